The zero-order chi connectivity index (χ0) is 24.0. The van der Waals surface area contributed by atoms with Crippen LogP contribution in [0.1, 0.15) is 30.1 Å². The molecule has 0 aliphatic carbocycles. The van der Waals surface area contributed by atoms with Gasteiger partial charge >= 0.3 is 0 Å². The number of carbonyl (C=O) groups is 2. The number of hydrazine groups is 1. The second-order valence-electron chi connectivity index (χ2n) is 7.37. The summed E-state index contributed by atoms with van der Waals surface area (Å²) >= 11 is 5.83. The van der Waals surface area contributed by atoms with Crippen molar-refractivity contribution in [3.8, 4) is 11.5 Å². The van der Waals surface area contributed by atoms with Crippen molar-refractivity contribution in [2.24, 2.45) is 5.92 Å². The first-order valence-corrected chi connectivity index (χ1v) is 12.2. The smallest absolute Gasteiger partial charge is 0.269 e. The predicted molar refractivity (Wildman–Crippen MR) is 123 cm³/mol. The molecule has 1 heterocycles. The van der Waals surface area contributed by atoms with Crippen molar-refractivity contribution in [2.75, 3.05) is 26.8 Å². The second kappa shape index (κ2) is 10.9. The topological polar surface area (TPSA) is 114 Å². The summed E-state index contributed by atoms with van der Waals surface area (Å²) in [5.41, 5.74) is 5.11. The summed E-state index contributed by atoms with van der Waals surface area (Å²) in [6.45, 7) is 2.70. The molecular weight excluding hydrogens is 470 g/mol. The van der Waals surface area contributed by atoms with Crippen LogP contribution in [0.4, 0.5) is 0 Å². The Kier molecular flexibility index (Phi) is 8.17. The monoisotopic (exact) mass is 495 g/mol. The molecule has 0 aromatic heterocycles. The summed E-state index contributed by atoms with van der Waals surface area (Å²) in [7, 11) is -2.18. The van der Waals surface area contributed by atoms with Gasteiger partial charge in [-0.25, -0.2) is 8.42 Å². The Labute approximate surface area is 198 Å². The fourth-order valence-electron chi connectivity index (χ4n) is 3.49. The van der Waals surface area contributed by atoms with Crippen molar-refractivity contribution >= 4 is 33.4 Å². The van der Waals surface area contributed by atoms with Gasteiger partial charge in [-0.05, 0) is 62.2 Å². The molecule has 0 radical (unpaired) electrons. The predicted octanol–water partition coefficient (Wildman–Crippen LogP) is 2.61. The Balaban J connectivity index is 1.53. The molecule has 178 valence electrons. The molecular formula is C22H26ClN3O6S. The van der Waals surface area contributed by atoms with Crippen molar-refractivity contribution in [3.63, 3.8) is 0 Å². The van der Waals surface area contributed by atoms with E-state index in [1.165, 1.54) is 41.7 Å². The molecule has 1 aliphatic heterocycles. The quantitative estimate of drug-likeness (QED) is 0.571. The van der Waals surface area contributed by atoms with E-state index in [0.717, 1.165) is 0 Å². The fraction of sp³-hybridized carbons (Fsp3) is 0.364. The third kappa shape index (κ3) is 5.95. The van der Waals surface area contributed by atoms with Gasteiger partial charge in [0.15, 0.2) is 11.5 Å². The van der Waals surface area contributed by atoms with E-state index in [9.17, 15) is 18.0 Å². The summed E-state index contributed by atoms with van der Waals surface area (Å²) in [6, 6.07) is 10.7. The molecule has 0 unspecified atom stereocenters. The first-order chi connectivity index (χ1) is 15.8. The van der Waals surface area contributed by atoms with Gasteiger partial charge < -0.3 is 9.47 Å². The van der Waals surface area contributed by atoms with Crippen LogP contribution in [-0.2, 0) is 14.8 Å². The highest BCUT2D eigenvalue weighted by Gasteiger charge is 2.32. The highest BCUT2D eigenvalue weighted by molar-refractivity contribution is 7.89. The van der Waals surface area contributed by atoms with Gasteiger partial charge in [-0.1, -0.05) is 11.6 Å². The van der Waals surface area contributed by atoms with Crippen LogP contribution in [0.15, 0.2) is 47.4 Å². The number of carbonyl (C=O) groups excluding carboxylic acids is 2. The van der Waals surface area contributed by atoms with Crippen molar-refractivity contribution in [1.82, 2.24) is 15.2 Å². The first kappa shape index (κ1) is 24.8. The third-order valence-corrected chi connectivity index (χ3v) is 7.47. The molecule has 0 bridgehead atoms. The van der Waals surface area contributed by atoms with Crippen LogP contribution in [0.2, 0.25) is 5.02 Å². The van der Waals surface area contributed by atoms with E-state index in [1.54, 1.807) is 12.1 Å². The summed E-state index contributed by atoms with van der Waals surface area (Å²) in [6.07, 6.45) is 0.677. The van der Waals surface area contributed by atoms with E-state index in [-0.39, 0.29) is 23.9 Å². The highest BCUT2D eigenvalue weighted by atomic mass is 35.5. The fourth-order valence-corrected chi connectivity index (χ4v) is 5.09. The highest BCUT2D eigenvalue weighted by Crippen LogP contribution is 2.28. The normalized spacial score (nSPS) is 15.0. The molecule has 0 atom stereocenters. The molecule has 2 aromatic rings. The van der Waals surface area contributed by atoms with Gasteiger partial charge in [-0.15, -0.1) is 0 Å². The lowest BCUT2D eigenvalue weighted by Gasteiger charge is -2.30. The molecule has 11 heteroatoms. The van der Waals surface area contributed by atoms with Gasteiger partial charge in [-0.2, -0.15) is 4.31 Å². The standard InChI is InChI=1S/C22H26ClN3O6S/c1-3-32-19-9-4-16(14-20(19)31-2)22(28)25-24-21(27)15-10-12-26(13-11-15)33(29,30)18-7-5-17(23)6-8-18/h4-9,14-15H,3,10-13H2,1-2H3,(H,24,27)(H,25,28). The maximum absolute atomic E-state index is 12.8. The number of nitrogens with one attached hydrogen (secondary N) is 2. The summed E-state index contributed by atoms with van der Waals surface area (Å²) < 4.78 is 37.6. The van der Waals surface area contributed by atoms with Crippen LogP contribution in [0.3, 0.4) is 0 Å². The van der Waals surface area contributed by atoms with Crippen LogP contribution < -0.4 is 20.3 Å². The van der Waals surface area contributed by atoms with Crippen molar-refractivity contribution < 1.29 is 27.5 Å². The molecule has 0 spiro atoms. The van der Waals surface area contributed by atoms with Crippen LogP contribution in [0.5, 0.6) is 11.5 Å². The minimum absolute atomic E-state index is 0.160. The molecule has 9 nitrogen and oxygen atoms in total. The van der Waals surface area contributed by atoms with Gasteiger partial charge in [0.25, 0.3) is 5.91 Å². The second-order valence-corrected chi connectivity index (χ2v) is 9.75. The van der Waals surface area contributed by atoms with Crippen LogP contribution in [-0.4, -0.2) is 51.3 Å². The van der Waals surface area contributed by atoms with E-state index >= 15 is 0 Å². The molecule has 0 saturated carbocycles. The lowest BCUT2D eigenvalue weighted by Crippen LogP contribution is -2.48. The number of nitrogens with zero attached hydrogens (tertiary/aromatic N) is 1. The van der Waals surface area contributed by atoms with Crippen LogP contribution >= 0.6 is 11.6 Å². The Morgan fingerprint density at radius 2 is 1.73 bits per heavy atom. The minimum Gasteiger partial charge on any atom is -0.493 e. The Morgan fingerprint density at radius 3 is 2.33 bits per heavy atom. The first-order valence-electron chi connectivity index (χ1n) is 10.4. The lowest BCUT2D eigenvalue weighted by molar-refractivity contribution is -0.126. The maximum Gasteiger partial charge on any atom is 0.269 e. The SMILES string of the molecule is CCOc1ccc(C(=O)NNC(=O)C2CCN(S(=O)(=O)c3ccc(Cl)cc3)CC2)cc1OC. The van der Waals surface area contributed by atoms with E-state index in [2.05, 4.69) is 10.9 Å². The minimum atomic E-state index is -3.65. The summed E-state index contributed by atoms with van der Waals surface area (Å²) in [5, 5.41) is 0.454. The summed E-state index contributed by atoms with van der Waals surface area (Å²) in [5.74, 6) is -0.375. The van der Waals surface area contributed by atoms with Crippen LogP contribution in [0, 0.1) is 5.92 Å². The molecule has 1 aliphatic rings. The number of piperidine rings is 1. The maximum atomic E-state index is 12.8. The zero-order valence-electron chi connectivity index (χ0n) is 18.3. The Bertz CT molecular complexity index is 1100. The van der Waals surface area contributed by atoms with E-state index in [0.29, 0.717) is 41.5 Å². The number of hydrogen-bond acceptors (Lipinski definition) is 6. The molecule has 2 N–H and O–H groups in total. The van der Waals surface area contributed by atoms with Crippen molar-refractivity contribution in [1.29, 1.82) is 0 Å². The van der Waals surface area contributed by atoms with Gasteiger partial charge in [0.1, 0.15) is 0 Å². The largest absolute Gasteiger partial charge is 0.493 e. The average Bonchev–Trinajstić information content (AvgIpc) is 2.83. The van der Waals surface area contributed by atoms with Gasteiger partial charge in [0.05, 0.1) is 18.6 Å². The average molecular weight is 496 g/mol. The van der Waals surface area contributed by atoms with Crippen molar-refractivity contribution in [3.05, 3.63) is 53.1 Å². The van der Waals surface area contributed by atoms with E-state index in [1.807, 2.05) is 6.92 Å². The van der Waals surface area contributed by atoms with Gasteiger partial charge in [0.2, 0.25) is 15.9 Å². The summed E-state index contributed by atoms with van der Waals surface area (Å²) in [4.78, 5) is 25.1. The number of ether oxygens (including phenoxy) is 2. The van der Waals surface area contributed by atoms with Crippen molar-refractivity contribution in [2.45, 2.75) is 24.7 Å². The van der Waals surface area contributed by atoms with E-state index < -0.39 is 21.8 Å². The zero-order valence-corrected chi connectivity index (χ0v) is 19.9. The molecule has 3 rings (SSSR count). The number of methoxy groups -OCH3 is 1. The number of rotatable bonds is 7. The molecule has 33 heavy (non-hydrogen) atoms. The molecule has 1 fully saturated rings. The number of benzene rings is 2. The van der Waals surface area contributed by atoms with Gasteiger partial charge in [-0.3, -0.25) is 20.4 Å². The Morgan fingerprint density at radius 1 is 1.06 bits per heavy atom. The molecule has 2 amide bonds. The van der Waals surface area contributed by atoms with Crippen LogP contribution in [0.25, 0.3) is 0 Å². The number of amides is 2. The van der Waals surface area contributed by atoms with E-state index in [4.69, 9.17) is 21.1 Å². The lowest BCUT2D eigenvalue weighted by atomic mass is 9.98. The third-order valence-electron chi connectivity index (χ3n) is 5.30. The Hall–Kier alpha value is -2.82. The number of hydrogen-bond donors (Lipinski definition) is 2. The molecule has 2 aromatic carbocycles. The number of sulfonamides is 1. The number of halogens is 1. The molecule has 1 saturated heterocycles. The van der Waals surface area contributed by atoms with Gasteiger partial charge in [0, 0.05) is 29.6 Å².